The van der Waals surface area contributed by atoms with Gasteiger partial charge in [-0.15, -0.1) is 11.6 Å². The lowest BCUT2D eigenvalue weighted by Crippen LogP contribution is -2.19. The van der Waals surface area contributed by atoms with Crippen molar-refractivity contribution in [2.75, 3.05) is 17.9 Å². The number of alkyl halides is 1. The van der Waals surface area contributed by atoms with E-state index in [2.05, 4.69) is 9.97 Å². The summed E-state index contributed by atoms with van der Waals surface area (Å²) in [5, 5.41) is 0. The molecule has 0 aromatic carbocycles. The summed E-state index contributed by atoms with van der Waals surface area (Å²) in [5.41, 5.74) is 2.56. The molecule has 110 valence electrons. The summed E-state index contributed by atoms with van der Waals surface area (Å²) in [6.07, 6.45) is 3.54. The first-order valence-corrected chi connectivity index (χ1v) is 8.99. The summed E-state index contributed by atoms with van der Waals surface area (Å²) < 4.78 is 25.0. The second-order valence-corrected chi connectivity index (χ2v) is 7.64. The van der Waals surface area contributed by atoms with Crippen LogP contribution in [0.1, 0.15) is 24.4 Å². The van der Waals surface area contributed by atoms with Crippen LogP contribution in [0.4, 0.5) is 0 Å². The lowest BCUT2D eigenvalue weighted by molar-refractivity contribution is 0.555. The fraction of sp³-hybridized carbons (Fsp3) is 0.538. The van der Waals surface area contributed by atoms with E-state index in [0.29, 0.717) is 12.3 Å². The first-order chi connectivity index (χ1) is 9.33. The van der Waals surface area contributed by atoms with Crippen LogP contribution in [0.5, 0.6) is 0 Å². The normalized spacial score (nSPS) is 13.8. The van der Waals surface area contributed by atoms with Crippen molar-refractivity contribution in [3.8, 4) is 0 Å². The van der Waals surface area contributed by atoms with E-state index in [-0.39, 0.29) is 11.8 Å². The number of hydrogen-bond donors (Lipinski definition) is 0. The van der Waals surface area contributed by atoms with Crippen LogP contribution < -0.4 is 0 Å². The number of hydrogen-bond acceptors (Lipinski definition) is 4. The molecule has 0 aliphatic heterocycles. The van der Waals surface area contributed by atoms with Crippen LogP contribution in [0.15, 0.2) is 12.3 Å². The van der Waals surface area contributed by atoms with E-state index >= 15 is 0 Å². The Labute approximate surface area is 123 Å². The molecule has 1 atom stereocenters. The average Bonchev–Trinajstić information content (AvgIpc) is 2.67. The Kier molecular flexibility index (Phi) is 4.34. The highest BCUT2D eigenvalue weighted by Crippen LogP contribution is 2.23. The second-order valence-electron chi connectivity index (χ2n) is 5.08. The fourth-order valence-electron chi connectivity index (χ4n) is 2.39. The Morgan fingerprint density at radius 3 is 2.75 bits per heavy atom. The van der Waals surface area contributed by atoms with Gasteiger partial charge in [0.15, 0.2) is 5.65 Å². The molecular formula is C13H18ClN3O2S. The van der Waals surface area contributed by atoms with Crippen molar-refractivity contribution >= 4 is 32.6 Å². The van der Waals surface area contributed by atoms with E-state index in [1.165, 1.54) is 6.26 Å². The van der Waals surface area contributed by atoms with Crippen molar-refractivity contribution in [2.24, 2.45) is 0 Å². The molecule has 2 aromatic rings. The molecule has 0 amide bonds. The van der Waals surface area contributed by atoms with Gasteiger partial charge in [-0.3, -0.25) is 0 Å². The topological polar surface area (TPSA) is 64.8 Å². The molecule has 5 nitrogen and oxygen atoms in total. The highest BCUT2D eigenvalue weighted by Gasteiger charge is 2.20. The number of sulfone groups is 1. The summed E-state index contributed by atoms with van der Waals surface area (Å²) in [6.45, 7) is 3.83. The summed E-state index contributed by atoms with van der Waals surface area (Å²) in [5.74, 6) is 1.28. The van der Waals surface area contributed by atoms with Crippen LogP contribution in [0.25, 0.3) is 11.2 Å². The predicted octanol–water partition coefficient (Wildman–Crippen LogP) is 2.13. The number of aryl methyl sites for hydroxylation is 2. The van der Waals surface area contributed by atoms with E-state index < -0.39 is 9.84 Å². The molecule has 0 saturated carbocycles. The Hall–Kier alpha value is -1.14. The maximum absolute atomic E-state index is 11.5. The van der Waals surface area contributed by atoms with Gasteiger partial charge >= 0.3 is 0 Å². The van der Waals surface area contributed by atoms with Crippen molar-refractivity contribution < 1.29 is 8.42 Å². The number of rotatable bonds is 5. The SMILES string of the molecule is Cc1ccnc2c1nc(CCCl)n2C(C)CS(C)(=O)=O. The number of pyridine rings is 1. The zero-order chi connectivity index (χ0) is 14.9. The molecule has 0 aliphatic rings. The first kappa shape index (κ1) is 15.3. The Morgan fingerprint density at radius 2 is 2.15 bits per heavy atom. The third-order valence-corrected chi connectivity index (χ3v) is 4.43. The van der Waals surface area contributed by atoms with Crippen molar-refractivity contribution in [3.05, 3.63) is 23.7 Å². The monoisotopic (exact) mass is 315 g/mol. The van der Waals surface area contributed by atoms with Gasteiger partial charge in [0.25, 0.3) is 0 Å². The third-order valence-electron chi connectivity index (χ3n) is 3.16. The van der Waals surface area contributed by atoms with E-state index in [0.717, 1.165) is 22.6 Å². The molecule has 0 N–H and O–H groups in total. The van der Waals surface area contributed by atoms with Crippen molar-refractivity contribution in [3.63, 3.8) is 0 Å². The van der Waals surface area contributed by atoms with Gasteiger partial charge in [0.1, 0.15) is 21.2 Å². The highest BCUT2D eigenvalue weighted by atomic mass is 35.5. The molecule has 20 heavy (non-hydrogen) atoms. The van der Waals surface area contributed by atoms with Crippen LogP contribution in [0.3, 0.4) is 0 Å². The molecule has 2 heterocycles. The van der Waals surface area contributed by atoms with E-state index in [1.807, 2.05) is 24.5 Å². The van der Waals surface area contributed by atoms with Crippen molar-refractivity contribution in [2.45, 2.75) is 26.3 Å². The van der Waals surface area contributed by atoms with Crippen molar-refractivity contribution in [1.82, 2.24) is 14.5 Å². The predicted molar refractivity (Wildman–Crippen MR) is 81.1 cm³/mol. The number of imidazole rings is 1. The molecule has 2 aromatic heterocycles. The second kappa shape index (κ2) is 5.69. The Morgan fingerprint density at radius 1 is 1.45 bits per heavy atom. The van der Waals surface area contributed by atoms with Crippen LogP contribution in [-0.2, 0) is 16.3 Å². The van der Waals surface area contributed by atoms with E-state index in [9.17, 15) is 8.42 Å². The minimum atomic E-state index is -3.07. The van der Waals surface area contributed by atoms with Crippen LogP contribution >= 0.6 is 11.6 Å². The molecule has 0 aliphatic carbocycles. The van der Waals surface area contributed by atoms with Crippen LogP contribution in [0.2, 0.25) is 0 Å². The van der Waals surface area contributed by atoms with Gasteiger partial charge in [0, 0.05) is 30.8 Å². The quantitative estimate of drug-likeness (QED) is 0.793. The minimum absolute atomic E-state index is 0.0589. The van der Waals surface area contributed by atoms with Crippen LogP contribution in [0, 0.1) is 6.92 Å². The number of fused-ring (bicyclic) bond motifs is 1. The molecular weight excluding hydrogens is 298 g/mol. The van der Waals surface area contributed by atoms with Crippen molar-refractivity contribution in [1.29, 1.82) is 0 Å². The smallest absolute Gasteiger partial charge is 0.160 e. The maximum Gasteiger partial charge on any atom is 0.160 e. The summed E-state index contributed by atoms with van der Waals surface area (Å²) in [4.78, 5) is 8.93. The molecule has 0 radical (unpaired) electrons. The molecule has 7 heteroatoms. The first-order valence-electron chi connectivity index (χ1n) is 6.39. The molecule has 0 spiro atoms. The fourth-order valence-corrected chi connectivity index (χ4v) is 3.59. The molecule has 0 saturated heterocycles. The number of aromatic nitrogens is 3. The molecule has 2 rings (SSSR count). The molecule has 0 bridgehead atoms. The highest BCUT2D eigenvalue weighted by molar-refractivity contribution is 7.90. The van der Waals surface area contributed by atoms with Gasteiger partial charge in [-0.2, -0.15) is 0 Å². The lowest BCUT2D eigenvalue weighted by Gasteiger charge is -2.15. The Bertz CT molecular complexity index is 725. The van der Waals surface area contributed by atoms with E-state index in [1.54, 1.807) is 6.20 Å². The van der Waals surface area contributed by atoms with Gasteiger partial charge in [-0.05, 0) is 25.5 Å². The van der Waals surface area contributed by atoms with Gasteiger partial charge < -0.3 is 4.57 Å². The number of halogens is 1. The third kappa shape index (κ3) is 3.12. The Balaban J connectivity index is 2.59. The number of nitrogens with zero attached hydrogens (tertiary/aromatic N) is 3. The summed E-state index contributed by atoms with van der Waals surface area (Å²) >= 11 is 5.82. The maximum atomic E-state index is 11.5. The summed E-state index contributed by atoms with van der Waals surface area (Å²) in [7, 11) is -3.07. The van der Waals surface area contributed by atoms with Gasteiger partial charge in [0.05, 0.1) is 5.75 Å². The summed E-state index contributed by atoms with van der Waals surface area (Å²) in [6, 6.07) is 1.67. The average molecular weight is 316 g/mol. The lowest BCUT2D eigenvalue weighted by atomic mass is 10.2. The minimum Gasteiger partial charge on any atom is -0.309 e. The van der Waals surface area contributed by atoms with Gasteiger partial charge in [0.2, 0.25) is 0 Å². The zero-order valence-corrected chi connectivity index (χ0v) is 13.4. The zero-order valence-electron chi connectivity index (χ0n) is 11.8. The van der Waals surface area contributed by atoms with Gasteiger partial charge in [-0.1, -0.05) is 0 Å². The molecule has 1 unspecified atom stereocenters. The van der Waals surface area contributed by atoms with E-state index in [4.69, 9.17) is 11.6 Å². The molecule has 0 fully saturated rings. The standard InChI is InChI=1S/C13H18ClN3O2S/c1-9-5-7-15-13-12(9)16-11(4-6-14)17(13)10(2)8-20(3,18)19/h5,7,10H,4,6,8H2,1-3H3. The largest absolute Gasteiger partial charge is 0.309 e. The van der Waals surface area contributed by atoms with Gasteiger partial charge in [-0.25, -0.2) is 18.4 Å². The van der Waals surface area contributed by atoms with Crippen LogP contribution in [-0.4, -0.2) is 40.8 Å².